The van der Waals surface area contributed by atoms with Crippen molar-refractivity contribution in [3.8, 4) is 0 Å². The zero-order chi connectivity index (χ0) is 14.1. The molecule has 2 bridgehead atoms. The second-order valence-electron chi connectivity index (χ2n) is 5.35. The lowest BCUT2D eigenvalue weighted by molar-refractivity contribution is -0.142. The summed E-state index contributed by atoms with van der Waals surface area (Å²) in [6.45, 7) is 0.923. The zero-order valence-electron chi connectivity index (χ0n) is 11.0. The van der Waals surface area contributed by atoms with Crippen LogP contribution < -0.4 is 0 Å². The second-order valence-corrected chi connectivity index (χ2v) is 5.35. The third-order valence-electron chi connectivity index (χ3n) is 4.20. The highest BCUT2D eigenvalue weighted by atomic mass is 16.5. The molecule has 0 aromatic heterocycles. The van der Waals surface area contributed by atoms with Crippen molar-refractivity contribution in [3.05, 3.63) is 22.6 Å². The average Bonchev–Trinajstić information content (AvgIpc) is 3.11. The van der Waals surface area contributed by atoms with E-state index in [4.69, 9.17) is 10.3 Å². The van der Waals surface area contributed by atoms with Crippen LogP contribution in [0.1, 0.15) is 19.3 Å². The number of unbranched alkanes of at least 4 members (excludes halogenated alkanes) is 2. The first-order valence-corrected chi connectivity index (χ1v) is 6.94. The van der Waals surface area contributed by atoms with E-state index in [1.54, 1.807) is 0 Å². The summed E-state index contributed by atoms with van der Waals surface area (Å²) in [4.78, 5) is 28.6. The number of carbonyl (C=O) groups is 2. The van der Waals surface area contributed by atoms with E-state index < -0.39 is 0 Å². The van der Waals surface area contributed by atoms with Gasteiger partial charge in [-0.15, -0.1) is 0 Å². The molecule has 0 saturated carbocycles. The first-order chi connectivity index (χ1) is 9.74. The number of imide groups is 1. The molecule has 0 radical (unpaired) electrons. The first kappa shape index (κ1) is 13.1. The maximum absolute atomic E-state index is 12.3. The van der Waals surface area contributed by atoms with E-state index in [1.807, 2.05) is 12.2 Å². The predicted octanol–water partition coefficient (Wildman–Crippen LogP) is 1.41. The fraction of sp³-hybridized carbons (Fsp3) is 0.692. The van der Waals surface area contributed by atoms with E-state index >= 15 is 0 Å². The van der Waals surface area contributed by atoms with Gasteiger partial charge in [-0.25, -0.2) is 0 Å². The summed E-state index contributed by atoms with van der Waals surface area (Å²) in [5, 5.41) is 3.45. The molecular formula is C13H16N4O3. The Balaban J connectivity index is 1.53. The molecular weight excluding hydrogens is 260 g/mol. The van der Waals surface area contributed by atoms with Gasteiger partial charge >= 0.3 is 0 Å². The maximum Gasteiger partial charge on any atom is 0.236 e. The molecule has 20 heavy (non-hydrogen) atoms. The van der Waals surface area contributed by atoms with Crippen LogP contribution in [0.5, 0.6) is 0 Å². The molecule has 2 amide bonds. The summed E-state index contributed by atoms with van der Waals surface area (Å²) in [6, 6.07) is 0. The molecule has 106 valence electrons. The van der Waals surface area contributed by atoms with Crippen molar-refractivity contribution in [2.24, 2.45) is 17.0 Å². The van der Waals surface area contributed by atoms with E-state index in [9.17, 15) is 9.59 Å². The molecule has 2 saturated heterocycles. The third-order valence-corrected chi connectivity index (χ3v) is 4.20. The van der Waals surface area contributed by atoms with E-state index in [1.165, 1.54) is 4.90 Å². The Bertz CT molecular complexity index is 482. The van der Waals surface area contributed by atoms with Crippen LogP contribution >= 0.6 is 0 Å². The van der Waals surface area contributed by atoms with Crippen LogP contribution in [0.15, 0.2) is 17.3 Å². The summed E-state index contributed by atoms with van der Waals surface area (Å²) >= 11 is 0. The van der Waals surface area contributed by atoms with Crippen LogP contribution in [-0.2, 0) is 14.3 Å². The van der Waals surface area contributed by atoms with Gasteiger partial charge in [0.15, 0.2) is 0 Å². The molecule has 0 aromatic rings. The molecule has 3 aliphatic heterocycles. The number of hydrogen-bond donors (Lipinski definition) is 0. The van der Waals surface area contributed by atoms with E-state index in [0.717, 1.165) is 19.3 Å². The van der Waals surface area contributed by atoms with Crippen LogP contribution in [0.2, 0.25) is 0 Å². The van der Waals surface area contributed by atoms with Crippen molar-refractivity contribution in [3.63, 3.8) is 0 Å². The SMILES string of the molecule is [N-]=[N+]=NCCCCCN1C(=O)[C@@H]2[C@H](C1=O)[C@H]1C=C[C@@H]2O1. The Labute approximate surface area is 116 Å². The lowest BCUT2D eigenvalue weighted by Gasteiger charge is -2.17. The highest BCUT2D eigenvalue weighted by Gasteiger charge is 2.60. The van der Waals surface area contributed by atoms with Crippen molar-refractivity contribution in [2.75, 3.05) is 13.1 Å². The number of amides is 2. The minimum atomic E-state index is -0.305. The Morgan fingerprint density at radius 3 is 2.40 bits per heavy atom. The predicted molar refractivity (Wildman–Crippen MR) is 69.4 cm³/mol. The molecule has 3 rings (SSSR count). The largest absolute Gasteiger partial charge is 0.365 e. The monoisotopic (exact) mass is 276 g/mol. The fourth-order valence-electron chi connectivity index (χ4n) is 3.26. The van der Waals surface area contributed by atoms with Crippen molar-refractivity contribution >= 4 is 11.8 Å². The number of rotatable bonds is 6. The number of carbonyl (C=O) groups excluding carboxylic acids is 2. The van der Waals surface area contributed by atoms with Crippen LogP contribution in [-0.4, -0.2) is 42.0 Å². The van der Waals surface area contributed by atoms with Gasteiger partial charge in [-0.3, -0.25) is 14.5 Å². The van der Waals surface area contributed by atoms with Crippen molar-refractivity contribution in [1.82, 2.24) is 4.90 Å². The van der Waals surface area contributed by atoms with Gasteiger partial charge in [0.05, 0.1) is 24.0 Å². The maximum atomic E-state index is 12.3. The van der Waals surface area contributed by atoms with Crippen molar-refractivity contribution < 1.29 is 14.3 Å². The highest BCUT2D eigenvalue weighted by Crippen LogP contribution is 2.45. The molecule has 3 heterocycles. The minimum absolute atomic E-state index is 0.0908. The van der Waals surface area contributed by atoms with Crippen molar-refractivity contribution in [2.45, 2.75) is 31.5 Å². The van der Waals surface area contributed by atoms with Crippen LogP contribution in [0.4, 0.5) is 0 Å². The summed E-state index contributed by atoms with van der Waals surface area (Å²) < 4.78 is 5.57. The van der Waals surface area contributed by atoms with Gasteiger partial charge < -0.3 is 4.74 Å². The number of likely N-dealkylation sites (tertiary alicyclic amines) is 1. The molecule has 0 spiro atoms. The van der Waals surface area contributed by atoms with E-state index in [-0.39, 0.29) is 35.9 Å². The third kappa shape index (κ3) is 1.99. The van der Waals surface area contributed by atoms with Crippen LogP contribution in [0, 0.1) is 11.8 Å². The molecule has 2 fully saturated rings. The summed E-state index contributed by atoms with van der Waals surface area (Å²) in [7, 11) is 0. The lowest BCUT2D eigenvalue weighted by Crippen LogP contribution is -2.35. The molecule has 0 aromatic carbocycles. The number of nitrogens with zero attached hydrogens (tertiary/aromatic N) is 4. The van der Waals surface area contributed by atoms with E-state index in [0.29, 0.717) is 13.1 Å². The molecule has 0 N–H and O–H groups in total. The number of fused-ring (bicyclic) bond motifs is 5. The molecule has 3 aliphatic rings. The molecule has 0 aliphatic carbocycles. The Hall–Kier alpha value is -1.85. The topological polar surface area (TPSA) is 95.4 Å². The number of hydrogen-bond acceptors (Lipinski definition) is 4. The van der Waals surface area contributed by atoms with Crippen LogP contribution in [0.3, 0.4) is 0 Å². The molecule has 4 atom stereocenters. The van der Waals surface area contributed by atoms with Gasteiger partial charge in [0.1, 0.15) is 0 Å². The smallest absolute Gasteiger partial charge is 0.236 e. The van der Waals surface area contributed by atoms with Gasteiger partial charge in [0.2, 0.25) is 11.8 Å². The standard InChI is InChI=1S/C13H16N4O3/c14-16-15-6-2-1-3-7-17-12(18)10-8-4-5-9(20-8)11(10)13(17)19/h4-5,8-11H,1-3,6-7H2/t8-,9+,10-,11+. The van der Waals surface area contributed by atoms with Gasteiger partial charge in [-0.1, -0.05) is 23.7 Å². The summed E-state index contributed by atoms with van der Waals surface area (Å²) in [5.41, 5.74) is 8.16. The Morgan fingerprint density at radius 2 is 1.80 bits per heavy atom. The molecule has 7 nitrogen and oxygen atoms in total. The van der Waals surface area contributed by atoms with Gasteiger partial charge in [0.25, 0.3) is 0 Å². The molecule has 0 unspecified atom stereocenters. The lowest BCUT2D eigenvalue weighted by atomic mass is 9.85. The second kappa shape index (κ2) is 5.26. The fourth-order valence-corrected chi connectivity index (χ4v) is 3.26. The van der Waals surface area contributed by atoms with Gasteiger partial charge in [-0.2, -0.15) is 0 Å². The first-order valence-electron chi connectivity index (χ1n) is 6.94. The van der Waals surface area contributed by atoms with E-state index in [2.05, 4.69) is 10.0 Å². The summed E-state index contributed by atoms with van der Waals surface area (Å²) in [6.07, 6.45) is 5.73. The Kier molecular flexibility index (Phi) is 3.46. The summed E-state index contributed by atoms with van der Waals surface area (Å²) in [5.74, 6) is -0.792. The normalized spacial score (nSPS) is 33.7. The Morgan fingerprint density at radius 1 is 1.15 bits per heavy atom. The zero-order valence-corrected chi connectivity index (χ0v) is 11.0. The average molecular weight is 276 g/mol. The van der Waals surface area contributed by atoms with Gasteiger partial charge in [-0.05, 0) is 18.4 Å². The number of azide groups is 1. The highest BCUT2D eigenvalue weighted by molar-refractivity contribution is 6.06. The quantitative estimate of drug-likeness (QED) is 0.183. The van der Waals surface area contributed by atoms with Crippen molar-refractivity contribution in [1.29, 1.82) is 0 Å². The van der Waals surface area contributed by atoms with Gasteiger partial charge in [0, 0.05) is 18.0 Å². The van der Waals surface area contributed by atoms with Crippen LogP contribution in [0.25, 0.3) is 10.4 Å². The number of ether oxygens (including phenoxy) is 1. The minimum Gasteiger partial charge on any atom is -0.365 e. The molecule has 7 heteroatoms.